The largest absolute Gasteiger partial charge is 0.456 e. The van der Waals surface area contributed by atoms with Crippen LogP contribution in [0, 0.1) is 13.8 Å². The van der Waals surface area contributed by atoms with Crippen molar-refractivity contribution in [3.63, 3.8) is 0 Å². The standard InChI is InChI=1S/C27H25N5O5S/c1-18-8-11-23(12-9-18)38(35,36)31-25-13-10-22(16-32(25)17-24(28)33)37-21-7-3-6-20(15-21)30-27(34)26-19(2)5-4-14-29-26/h3-16H,17H2,1-2H3,(H2,28,33)(H,30,34). The molecular weight excluding hydrogens is 506 g/mol. The first-order chi connectivity index (χ1) is 18.1. The molecule has 2 heterocycles. The number of aromatic nitrogens is 2. The Morgan fingerprint density at radius 2 is 1.76 bits per heavy atom. The molecule has 0 aliphatic rings. The fourth-order valence-electron chi connectivity index (χ4n) is 3.53. The number of hydrogen-bond acceptors (Lipinski definition) is 6. The van der Waals surface area contributed by atoms with Gasteiger partial charge in [0.05, 0.1) is 4.90 Å². The van der Waals surface area contributed by atoms with Gasteiger partial charge in [0.1, 0.15) is 29.2 Å². The van der Waals surface area contributed by atoms with Crippen LogP contribution in [-0.2, 0) is 21.4 Å². The van der Waals surface area contributed by atoms with Crippen molar-refractivity contribution in [3.05, 3.63) is 107 Å². The zero-order valence-corrected chi connectivity index (χ0v) is 21.5. The number of anilines is 1. The maximum atomic E-state index is 12.8. The van der Waals surface area contributed by atoms with E-state index in [9.17, 15) is 18.0 Å². The first kappa shape index (κ1) is 26.3. The lowest BCUT2D eigenvalue weighted by Gasteiger charge is -2.12. The van der Waals surface area contributed by atoms with Crippen molar-refractivity contribution in [2.75, 3.05) is 5.32 Å². The number of carbonyl (C=O) groups excluding carboxylic acids is 2. The minimum absolute atomic E-state index is 0.00321. The Balaban J connectivity index is 1.60. The molecule has 0 saturated carbocycles. The van der Waals surface area contributed by atoms with Crippen molar-refractivity contribution in [1.82, 2.24) is 9.55 Å². The number of aryl methyl sites for hydroxylation is 2. The lowest BCUT2D eigenvalue weighted by Crippen LogP contribution is -2.28. The normalized spacial score (nSPS) is 11.7. The van der Waals surface area contributed by atoms with Gasteiger partial charge in [-0.1, -0.05) is 29.8 Å². The lowest BCUT2D eigenvalue weighted by atomic mass is 10.2. The van der Waals surface area contributed by atoms with Gasteiger partial charge in [0.15, 0.2) is 0 Å². The smallest absolute Gasteiger partial charge is 0.284 e. The Morgan fingerprint density at radius 3 is 2.47 bits per heavy atom. The Kier molecular flexibility index (Phi) is 7.68. The van der Waals surface area contributed by atoms with E-state index in [0.717, 1.165) is 11.1 Å². The fourth-order valence-corrected chi connectivity index (χ4v) is 4.52. The molecule has 0 bridgehead atoms. The molecule has 0 aliphatic heterocycles. The van der Waals surface area contributed by atoms with Crippen molar-refractivity contribution in [3.8, 4) is 11.5 Å². The average molecular weight is 532 g/mol. The third kappa shape index (κ3) is 6.51. The number of rotatable bonds is 8. The Bertz CT molecular complexity index is 1680. The van der Waals surface area contributed by atoms with E-state index in [1.54, 1.807) is 61.7 Å². The van der Waals surface area contributed by atoms with Gasteiger partial charge in [0.2, 0.25) is 5.91 Å². The molecule has 11 heteroatoms. The van der Waals surface area contributed by atoms with Gasteiger partial charge in [-0.05, 0) is 61.9 Å². The number of hydrogen-bond donors (Lipinski definition) is 2. The van der Waals surface area contributed by atoms with Gasteiger partial charge >= 0.3 is 0 Å². The molecule has 0 radical (unpaired) electrons. The van der Waals surface area contributed by atoms with Gasteiger partial charge in [0, 0.05) is 24.1 Å². The number of pyridine rings is 2. The molecule has 0 aliphatic carbocycles. The van der Waals surface area contributed by atoms with E-state index in [1.165, 1.54) is 35.0 Å². The minimum Gasteiger partial charge on any atom is -0.456 e. The third-order valence-corrected chi connectivity index (χ3v) is 6.68. The molecule has 0 atom stereocenters. The summed E-state index contributed by atoms with van der Waals surface area (Å²) in [4.78, 5) is 28.4. The topological polar surface area (TPSA) is 146 Å². The van der Waals surface area contributed by atoms with E-state index in [0.29, 0.717) is 22.9 Å². The minimum atomic E-state index is -4.04. The summed E-state index contributed by atoms with van der Waals surface area (Å²) in [7, 11) is -4.04. The summed E-state index contributed by atoms with van der Waals surface area (Å²) in [5.74, 6) is -0.365. The number of ether oxygens (including phenoxy) is 1. The molecule has 194 valence electrons. The van der Waals surface area contributed by atoms with Crippen LogP contribution in [0.1, 0.15) is 21.6 Å². The second-order valence-electron chi connectivity index (χ2n) is 8.45. The Labute approximate surface area is 219 Å². The Hall–Kier alpha value is -4.77. The molecule has 0 saturated heterocycles. The van der Waals surface area contributed by atoms with Crippen LogP contribution in [-0.4, -0.2) is 29.8 Å². The summed E-state index contributed by atoms with van der Waals surface area (Å²) in [6.07, 6.45) is 2.97. The second kappa shape index (κ2) is 11.1. The van der Waals surface area contributed by atoms with Crippen molar-refractivity contribution >= 4 is 27.5 Å². The number of sulfonamides is 1. The van der Waals surface area contributed by atoms with Crippen molar-refractivity contribution in [2.24, 2.45) is 10.1 Å². The van der Waals surface area contributed by atoms with Gasteiger partial charge in [-0.25, -0.2) is 0 Å². The molecule has 0 spiro atoms. The van der Waals surface area contributed by atoms with Crippen LogP contribution in [0.3, 0.4) is 0 Å². The molecule has 0 unspecified atom stereocenters. The highest BCUT2D eigenvalue weighted by atomic mass is 32.2. The highest BCUT2D eigenvalue weighted by Gasteiger charge is 2.14. The predicted molar refractivity (Wildman–Crippen MR) is 141 cm³/mol. The number of nitrogens with zero attached hydrogens (tertiary/aromatic N) is 3. The monoisotopic (exact) mass is 531 g/mol. The summed E-state index contributed by atoms with van der Waals surface area (Å²) in [6.45, 7) is 3.32. The molecule has 2 aromatic carbocycles. The molecule has 2 amide bonds. The van der Waals surface area contributed by atoms with Crippen LogP contribution < -0.4 is 21.3 Å². The summed E-state index contributed by atoms with van der Waals surface area (Å²) in [5.41, 5.74) is 7.82. The highest BCUT2D eigenvalue weighted by Crippen LogP contribution is 2.24. The van der Waals surface area contributed by atoms with Gasteiger partial charge in [0.25, 0.3) is 15.9 Å². The number of carbonyl (C=O) groups is 2. The zero-order chi connectivity index (χ0) is 27.3. The molecule has 38 heavy (non-hydrogen) atoms. The van der Waals surface area contributed by atoms with E-state index in [2.05, 4.69) is 14.7 Å². The van der Waals surface area contributed by atoms with E-state index in [1.807, 2.05) is 6.92 Å². The number of primary amides is 1. The van der Waals surface area contributed by atoms with Crippen molar-refractivity contribution < 1.29 is 22.7 Å². The molecule has 2 aromatic heterocycles. The van der Waals surface area contributed by atoms with Crippen LogP contribution in [0.5, 0.6) is 11.5 Å². The predicted octanol–water partition coefficient (Wildman–Crippen LogP) is 3.32. The maximum Gasteiger partial charge on any atom is 0.284 e. The molecule has 10 nitrogen and oxygen atoms in total. The quantitative estimate of drug-likeness (QED) is 0.357. The number of benzene rings is 2. The molecule has 3 N–H and O–H groups in total. The van der Waals surface area contributed by atoms with E-state index in [-0.39, 0.29) is 22.8 Å². The summed E-state index contributed by atoms with van der Waals surface area (Å²) >= 11 is 0. The van der Waals surface area contributed by atoms with Gasteiger partial charge in [-0.2, -0.15) is 8.42 Å². The van der Waals surface area contributed by atoms with Crippen LogP contribution in [0.25, 0.3) is 0 Å². The van der Waals surface area contributed by atoms with Crippen LogP contribution in [0.4, 0.5) is 5.69 Å². The average Bonchev–Trinajstić information content (AvgIpc) is 2.86. The first-order valence-electron chi connectivity index (χ1n) is 11.5. The van der Waals surface area contributed by atoms with Gasteiger partial charge in [-0.15, -0.1) is 4.40 Å². The molecule has 4 aromatic rings. The summed E-state index contributed by atoms with van der Waals surface area (Å²) < 4.78 is 36.7. The number of nitrogens with two attached hydrogens (primary N) is 1. The Morgan fingerprint density at radius 1 is 1.00 bits per heavy atom. The number of nitrogens with one attached hydrogen (secondary N) is 1. The van der Waals surface area contributed by atoms with Crippen molar-refractivity contribution in [2.45, 2.75) is 25.3 Å². The van der Waals surface area contributed by atoms with Crippen LogP contribution >= 0.6 is 0 Å². The zero-order valence-electron chi connectivity index (χ0n) is 20.7. The SMILES string of the molecule is Cc1ccc(S(=O)(=O)N=c2ccc(Oc3cccc(NC(=O)c4ncccc4C)c3)cn2CC(N)=O)cc1. The first-order valence-corrected chi connectivity index (χ1v) is 12.9. The van der Waals surface area contributed by atoms with Crippen molar-refractivity contribution in [1.29, 1.82) is 0 Å². The van der Waals surface area contributed by atoms with E-state index < -0.39 is 15.9 Å². The summed E-state index contributed by atoms with van der Waals surface area (Å²) in [6, 6.07) is 19.5. The van der Waals surface area contributed by atoms with Gasteiger partial charge in [-0.3, -0.25) is 14.6 Å². The fraction of sp³-hybridized carbons (Fsp3) is 0.111. The number of amides is 2. The van der Waals surface area contributed by atoms with Gasteiger partial charge < -0.3 is 20.4 Å². The van der Waals surface area contributed by atoms with Crippen LogP contribution in [0.2, 0.25) is 0 Å². The highest BCUT2D eigenvalue weighted by molar-refractivity contribution is 7.90. The lowest BCUT2D eigenvalue weighted by molar-refractivity contribution is -0.118. The third-order valence-electron chi connectivity index (χ3n) is 5.38. The maximum absolute atomic E-state index is 12.8. The second-order valence-corrected chi connectivity index (χ2v) is 10.1. The van der Waals surface area contributed by atoms with E-state index >= 15 is 0 Å². The van der Waals surface area contributed by atoms with E-state index in [4.69, 9.17) is 10.5 Å². The molecular formula is C27H25N5O5S. The van der Waals surface area contributed by atoms with Crippen LogP contribution in [0.15, 0.2) is 94.5 Å². The molecule has 0 fully saturated rings. The molecule has 4 rings (SSSR count). The summed E-state index contributed by atoms with van der Waals surface area (Å²) in [5, 5.41) is 2.79.